The number of rotatable bonds is 1. The smallest absolute Gasteiger partial charge is 0.268 e. The summed E-state index contributed by atoms with van der Waals surface area (Å²) in [6, 6.07) is 4.21. The van der Waals surface area contributed by atoms with E-state index in [9.17, 15) is 22.4 Å². The third-order valence-corrected chi connectivity index (χ3v) is 2.25. The summed E-state index contributed by atoms with van der Waals surface area (Å²) in [6.07, 6.45) is -4.56. The van der Waals surface area contributed by atoms with Crippen LogP contribution in [0.25, 0.3) is 11.3 Å². The largest absolute Gasteiger partial charge is 0.416 e. The van der Waals surface area contributed by atoms with Crippen LogP contribution in [0.1, 0.15) is 5.56 Å². The molecule has 0 fully saturated rings. The van der Waals surface area contributed by atoms with E-state index in [-0.39, 0.29) is 11.3 Å². The molecule has 0 aliphatic carbocycles. The number of benzene rings is 1. The van der Waals surface area contributed by atoms with Crippen molar-refractivity contribution < 1.29 is 17.6 Å². The van der Waals surface area contributed by atoms with Crippen molar-refractivity contribution in [2.45, 2.75) is 6.18 Å². The van der Waals surface area contributed by atoms with E-state index in [1.54, 1.807) is 0 Å². The highest BCUT2D eigenvalue weighted by Crippen LogP contribution is 2.32. The van der Waals surface area contributed by atoms with E-state index in [4.69, 9.17) is 0 Å². The summed E-state index contributed by atoms with van der Waals surface area (Å²) < 4.78 is 50.9. The third-order valence-electron chi connectivity index (χ3n) is 2.25. The Kier molecular flexibility index (Phi) is 2.90. The molecule has 1 N–H and O–H groups in total. The van der Waals surface area contributed by atoms with E-state index >= 15 is 0 Å². The van der Waals surface area contributed by atoms with E-state index < -0.39 is 23.1 Å². The van der Waals surface area contributed by atoms with Crippen molar-refractivity contribution in [1.82, 2.24) is 10.2 Å². The van der Waals surface area contributed by atoms with Crippen LogP contribution in [0.2, 0.25) is 0 Å². The zero-order chi connectivity index (χ0) is 13.3. The van der Waals surface area contributed by atoms with Gasteiger partial charge in [0.05, 0.1) is 11.3 Å². The highest BCUT2D eigenvalue weighted by atomic mass is 19.4. The average molecular weight is 258 g/mol. The van der Waals surface area contributed by atoms with Crippen LogP contribution in [0, 0.1) is 5.82 Å². The first-order valence-electron chi connectivity index (χ1n) is 4.81. The van der Waals surface area contributed by atoms with Gasteiger partial charge in [0.2, 0.25) is 0 Å². The van der Waals surface area contributed by atoms with Gasteiger partial charge in [0, 0.05) is 11.6 Å². The van der Waals surface area contributed by atoms with E-state index in [0.29, 0.717) is 18.2 Å². The molecule has 0 spiro atoms. The molecule has 1 aromatic heterocycles. The Morgan fingerprint density at radius 2 is 1.83 bits per heavy atom. The van der Waals surface area contributed by atoms with Crippen LogP contribution in [0.15, 0.2) is 35.1 Å². The quantitative estimate of drug-likeness (QED) is 0.799. The molecule has 1 aromatic carbocycles. The molecular formula is C11H6F4N2O. The average Bonchev–Trinajstić information content (AvgIpc) is 2.29. The summed E-state index contributed by atoms with van der Waals surface area (Å²) in [6.45, 7) is 0. The Hall–Kier alpha value is -2.18. The maximum Gasteiger partial charge on any atom is 0.416 e. The maximum atomic E-state index is 13.4. The molecule has 0 radical (unpaired) electrons. The molecule has 0 saturated heterocycles. The number of halogens is 4. The molecule has 0 aliphatic heterocycles. The molecule has 0 amide bonds. The first-order valence-corrected chi connectivity index (χ1v) is 4.81. The fourth-order valence-electron chi connectivity index (χ4n) is 1.39. The molecule has 0 bridgehead atoms. The number of hydrogen-bond donors (Lipinski definition) is 1. The molecule has 0 aliphatic rings. The standard InChI is InChI=1S/C11H6F4N2O/c12-8-2-1-6(11(13,14)15)5-7(8)9-3-4-10(18)17-16-9/h1-5H,(H,17,18). The van der Waals surface area contributed by atoms with Gasteiger partial charge in [0.1, 0.15) is 5.82 Å². The first-order chi connectivity index (χ1) is 8.38. The van der Waals surface area contributed by atoms with E-state index in [0.717, 1.165) is 12.1 Å². The van der Waals surface area contributed by atoms with Crippen molar-refractivity contribution in [2.75, 3.05) is 0 Å². The minimum atomic E-state index is -4.56. The number of nitrogens with one attached hydrogen (secondary N) is 1. The molecule has 2 rings (SSSR count). The van der Waals surface area contributed by atoms with Gasteiger partial charge in [-0.05, 0) is 24.3 Å². The van der Waals surface area contributed by atoms with Gasteiger partial charge in [-0.3, -0.25) is 4.79 Å². The van der Waals surface area contributed by atoms with E-state index in [1.165, 1.54) is 0 Å². The molecule has 94 valence electrons. The number of alkyl halides is 3. The molecule has 0 atom stereocenters. The second-order valence-corrected chi connectivity index (χ2v) is 3.50. The highest BCUT2D eigenvalue weighted by Gasteiger charge is 2.31. The Morgan fingerprint density at radius 1 is 1.11 bits per heavy atom. The minimum absolute atomic E-state index is 0.0711. The topological polar surface area (TPSA) is 45.8 Å². The van der Waals surface area contributed by atoms with Gasteiger partial charge in [0.15, 0.2) is 0 Å². The van der Waals surface area contributed by atoms with Crippen LogP contribution < -0.4 is 5.56 Å². The zero-order valence-corrected chi connectivity index (χ0v) is 8.75. The predicted molar refractivity (Wildman–Crippen MR) is 55.3 cm³/mol. The Bertz CT molecular complexity index is 613. The lowest BCUT2D eigenvalue weighted by molar-refractivity contribution is -0.137. The maximum absolute atomic E-state index is 13.4. The summed E-state index contributed by atoms with van der Waals surface area (Å²) >= 11 is 0. The van der Waals surface area contributed by atoms with Crippen LogP contribution in [0.3, 0.4) is 0 Å². The Morgan fingerprint density at radius 3 is 2.39 bits per heavy atom. The van der Waals surface area contributed by atoms with Crippen LogP contribution in [0.4, 0.5) is 17.6 Å². The lowest BCUT2D eigenvalue weighted by Gasteiger charge is -2.09. The second-order valence-electron chi connectivity index (χ2n) is 3.50. The number of aromatic nitrogens is 2. The van der Waals surface area contributed by atoms with Crippen molar-refractivity contribution in [3.8, 4) is 11.3 Å². The Labute approximate surface area is 98.1 Å². The molecule has 2 aromatic rings. The van der Waals surface area contributed by atoms with Gasteiger partial charge in [-0.25, -0.2) is 9.49 Å². The fraction of sp³-hybridized carbons (Fsp3) is 0.0909. The van der Waals surface area contributed by atoms with Crippen molar-refractivity contribution in [3.05, 3.63) is 52.1 Å². The van der Waals surface area contributed by atoms with Gasteiger partial charge >= 0.3 is 6.18 Å². The minimum Gasteiger partial charge on any atom is -0.268 e. The van der Waals surface area contributed by atoms with Crippen LogP contribution in [0.5, 0.6) is 0 Å². The van der Waals surface area contributed by atoms with Gasteiger partial charge in [-0.15, -0.1) is 0 Å². The zero-order valence-electron chi connectivity index (χ0n) is 8.75. The highest BCUT2D eigenvalue weighted by molar-refractivity contribution is 5.60. The molecule has 3 nitrogen and oxygen atoms in total. The number of aromatic amines is 1. The summed E-state index contributed by atoms with van der Waals surface area (Å²) in [5.74, 6) is -0.845. The Balaban J connectivity index is 2.56. The molecule has 18 heavy (non-hydrogen) atoms. The number of H-pyrrole nitrogens is 1. The normalized spacial score (nSPS) is 11.6. The monoisotopic (exact) mass is 258 g/mol. The summed E-state index contributed by atoms with van der Waals surface area (Å²) in [5.41, 5.74) is -1.89. The third kappa shape index (κ3) is 2.39. The summed E-state index contributed by atoms with van der Waals surface area (Å²) in [4.78, 5) is 10.8. The van der Waals surface area contributed by atoms with E-state index in [2.05, 4.69) is 5.10 Å². The molecule has 1 heterocycles. The van der Waals surface area contributed by atoms with E-state index in [1.807, 2.05) is 5.10 Å². The van der Waals surface area contributed by atoms with Crippen LogP contribution >= 0.6 is 0 Å². The first kappa shape index (κ1) is 12.3. The lowest BCUT2D eigenvalue weighted by atomic mass is 10.1. The van der Waals surface area contributed by atoms with Gasteiger partial charge in [-0.2, -0.15) is 18.3 Å². The summed E-state index contributed by atoms with van der Waals surface area (Å²) in [5, 5.41) is 5.52. The van der Waals surface area contributed by atoms with Crippen molar-refractivity contribution in [3.63, 3.8) is 0 Å². The van der Waals surface area contributed by atoms with Gasteiger partial charge < -0.3 is 0 Å². The second kappa shape index (κ2) is 4.25. The van der Waals surface area contributed by atoms with Gasteiger partial charge in [-0.1, -0.05) is 0 Å². The lowest BCUT2D eigenvalue weighted by Crippen LogP contribution is -2.08. The van der Waals surface area contributed by atoms with Crippen molar-refractivity contribution >= 4 is 0 Å². The fourth-order valence-corrected chi connectivity index (χ4v) is 1.39. The summed E-state index contributed by atoms with van der Waals surface area (Å²) in [7, 11) is 0. The van der Waals surface area contributed by atoms with Crippen LogP contribution in [-0.2, 0) is 6.18 Å². The van der Waals surface area contributed by atoms with Crippen LogP contribution in [-0.4, -0.2) is 10.2 Å². The van der Waals surface area contributed by atoms with Crippen molar-refractivity contribution in [1.29, 1.82) is 0 Å². The van der Waals surface area contributed by atoms with Gasteiger partial charge in [0.25, 0.3) is 5.56 Å². The van der Waals surface area contributed by atoms with Crippen molar-refractivity contribution in [2.24, 2.45) is 0 Å². The molecule has 0 unspecified atom stereocenters. The molecule has 0 saturated carbocycles. The molecule has 7 heteroatoms. The number of hydrogen-bond acceptors (Lipinski definition) is 2. The molecular weight excluding hydrogens is 252 g/mol. The predicted octanol–water partition coefficient (Wildman–Crippen LogP) is 2.59. The number of nitrogens with zero attached hydrogens (tertiary/aromatic N) is 1. The SMILES string of the molecule is O=c1ccc(-c2cc(C(F)(F)F)ccc2F)n[nH]1.